The fourth-order valence-corrected chi connectivity index (χ4v) is 2.74. The van der Waals surface area contributed by atoms with Gasteiger partial charge in [0.05, 0.1) is 0 Å². The Labute approximate surface area is 115 Å². The maximum Gasteiger partial charge on any atom is 0.328 e. The van der Waals surface area contributed by atoms with Gasteiger partial charge < -0.3 is 5.11 Å². The van der Waals surface area contributed by atoms with Gasteiger partial charge in [0, 0.05) is 10.5 Å². The summed E-state index contributed by atoms with van der Waals surface area (Å²) >= 11 is 3.49. The molecule has 1 N–H and O–H groups in total. The standard InChI is InChI=1S/C15H15BrO2/c16-14-7-6-12-8-11(9-13(12)10-14)4-2-1-3-5-15(17)18/h1-3,5-7,10-11H,4,8-9H2,(H,17,18). The van der Waals surface area contributed by atoms with Crippen LogP contribution in [0.25, 0.3) is 0 Å². The van der Waals surface area contributed by atoms with Gasteiger partial charge in [-0.3, -0.25) is 0 Å². The fraction of sp³-hybridized carbons (Fsp3) is 0.267. The van der Waals surface area contributed by atoms with Gasteiger partial charge in [0.25, 0.3) is 0 Å². The van der Waals surface area contributed by atoms with Gasteiger partial charge in [-0.2, -0.15) is 0 Å². The van der Waals surface area contributed by atoms with E-state index in [1.807, 2.05) is 12.2 Å². The van der Waals surface area contributed by atoms with Crippen LogP contribution in [0.2, 0.25) is 0 Å². The number of carboxylic acid groups (broad SMARTS) is 1. The van der Waals surface area contributed by atoms with Crippen molar-refractivity contribution in [3.63, 3.8) is 0 Å². The molecule has 0 fully saturated rings. The second-order valence-electron chi connectivity index (χ2n) is 4.55. The molecule has 18 heavy (non-hydrogen) atoms. The lowest BCUT2D eigenvalue weighted by Crippen LogP contribution is -1.96. The lowest BCUT2D eigenvalue weighted by atomic mass is 10.0. The van der Waals surface area contributed by atoms with Gasteiger partial charge in [0.2, 0.25) is 0 Å². The second kappa shape index (κ2) is 6.01. The number of rotatable bonds is 4. The Balaban J connectivity index is 1.86. The molecule has 1 aromatic carbocycles. The highest BCUT2D eigenvalue weighted by Crippen LogP contribution is 2.31. The average Bonchev–Trinajstić information content (AvgIpc) is 2.70. The summed E-state index contributed by atoms with van der Waals surface area (Å²) < 4.78 is 1.14. The van der Waals surface area contributed by atoms with Crippen LogP contribution in [0.4, 0.5) is 0 Å². The first-order chi connectivity index (χ1) is 8.65. The van der Waals surface area contributed by atoms with Crippen molar-refractivity contribution in [2.45, 2.75) is 19.3 Å². The maximum atomic E-state index is 10.3. The molecule has 0 aromatic heterocycles. The minimum absolute atomic E-state index is 0.642. The number of carbonyl (C=O) groups is 1. The van der Waals surface area contributed by atoms with E-state index in [0.717, 1.165) is 29.8 Å². The topological polar surface area (TPSA) is 37.3 Å². The van der Waals surface area contributed by atoms with Crippen LogP contribution in [-0.2, 0) is 17.6 Å². The summed E-state index contributed by atoms with van der Waals surface area (Å²) in [6.45, 7) is 0. The Hall–Kier alpha value is -1.35. The molecule has 0 bridgehead atoms. The summed E-state index contributed by atoms with van der Waals surface area (Å²) in [5, 5.41) is 8.44. The summed E-state index contributed by atoms with van der Waals surface area (Å²) in [7, 11) is 0. The molecule has 0 saturated carbocycles. The molecule has 0 spiro atoms. The van der Waals surface area contributed by atoms with E-state index in [1.54, 1.807) is 6.08 Å². The highest BCUT2D eigenvalue weighted by atomic mass is 79.9. The molecule has 0 radical (unpaired) electrons. The minimum atomic E-state index is -0.905. The quantitative estimate of drug-likeness (QED) is 0.679. The van der Waals surface area contributed by atoms with Crippen LogP contribution in [-0.4, -0.2) is 11.1 Å². The van der Waals surface area contributed by atoms with Crippen molar-refractivity contribution in [1.82, 2.24) is 0 Å². The third kappa shape index (κ3) is 3.57. The zero-order valence-corrected chi connectivity index (χ0v) is 11.6. The minimum Gasteiger partial charge on any atom is -0.478 e. The number of benzene rings is 1. The van der Waals surface area contributed by atoms with E-state index in [1.165, 1.54) is 11.1 Å². The molecule has 0 heterocycles. The van der Waals surface area contributed by atoms with Gasteiger partial charge in [-0.05, 0) is 48.4 Å². The largest absolute Gasteiger partial charge is 0.478 e. The Kier molecular flexibility index (Phi) is 4.37. The molecule has 1 aromatic rings. The second-order valence-corrected chi connectivity index (χ2v) is 5.46. The average molecular weight is 307 g/mol. The monoisotopic (exact) mass is 306 g/mol. The number of aliphatic carboxylic acids is 1. The number of allylic oxidation sites excluding steroid dienone is 3. The smallest absolute Gasteiger partial charge is 0.328 e. The molecule has 2 nitrogen and oxygen atoms in total. The third-order valence-corrected chi connectivity index (χ3v) is 3.63. The number of hydrogen-bond donors (Lipinski definition) is 1. The van der Waals surface area contributed by atoms with Crippen LogP contribution >= 0.6 is 15.9 Å². The summed E-state index contributed by atoms with van der Waals surface area (Å²) in [4.78, 5) is 10.3. The first-order valence-corrected chi connectivity index (χ1v) is 6.78. The van der Waals surface area contributed by atoms with Gasteiger partial charge in [-0.1, -0.05) is 40.2 Å². The van der Waals surface area contributed by atoms with Crippen LogP contribution in [0, 0.1) is 5.92 Å². The van der Waals surface area contributed by atoms with E-state index in [9.17, 15) is 4.79 Å². The van der Waals surface area contributed by atoms with Crippen LogP contribution < -0.4 is 0 Å². The Morgan fingerprint density at radius 1 is 1.33 bits per heavy atom. The van der Waals surface area contributed by atoms with Crippen molar-refractivity contribution in [2.75, 3.05) is 0 Å². The summed E-state index contributed by atoms with van der Waals surface area (Å²) in [6, 6.07) is 6.48. The van der Waals surface area contributed by atoms with E-state index in [2.05, 4.69) is 34.1 Å². The molecule has 3 heteroatoms. The molecule has 0 saturated heterocycles. The lowest BCUT2D eigenvalue weighted by Gasteiger charge is -2.03. The summed E-state index contributed by atoms with van der Waals surface area (Å²) in [5.74, 6) is -0.262. The Bertz CT molecular complexity index is 503. The first kappa shape index (κ1) is 13.1. The van der Waals surface area contributed by atoms with Crippen molar-refractivity contribution in [3.05, 3.63) is 58.1 Å². The zero-order chi connectivity index (χ0) is 13.0. The third-order valence-electron chi connectivity index (χ3n) is 3.14. The summed E-state index contributed by atoms with van der Waals surface area (Å²) in [6.07, 6.45) is 9.81. The van der Waals surface area contributed by atoms with E-state index < -0.39 is 5.97 Å². The van der Waals surface area contributed by atoms with Crippen molar-refractivity contribution < 1.29 is 9.90 Å². The Morgan fingerprint density at radius 2 is 2.11 bits per heavy atom. The molecule has 0 aliphatic heterocycles. The van der Waals surface area contributed by atoms with Gasteiger partial charge in [-0.15, -0.1) is 0 Å². The predicted molar refractivity (Wildman–Crippen MR) is 75.6 cm³/mol. The van der Waals surface area contributed by atoms with E-state index in [-0.39, 0.29) is 0 Å². The predicted octanol–water partition coefficient (Wildman–Crippen LogP) is 3.75. The molecular weight excluding hydrogens is 292 g/mol. The van der Waals surface area contributed by atoms with E-state index in [0.29, 0.717) is 5.92 Å². The van der Waals surface area contributed by atoms with Crippen LogP contribution in [0.15, 0.2) is 47.0 Å². The molecule has 1 unspecified atom stereocenters. The Morgan fingerprint density at radius 3 is 2.89 bits per heavy atom. The van der Waals surface area contributed by atoms with Gasteiger partial charge >= 0.3 is 5.97 Å². The van der Waals surface area contributed by atoms with Crippen LogP contribution in [0.1, 0.15) is 17.5 Å². The highest BCUT2D eigenvalue weighted by Gasteiger charge is 2.20. The molecule has 1 aliphatic carbocycles. The number of halogens is 1. The number of carboxylic acids is 1. The molecule has 1 atom stereocenters. The lowest BCUT2D eigenvalue weighted by molar-refractivity contribution is -0.131. The SMILES string of the molecule is O=C(O)C=CC=CCC1Cc2ccc(Br)cc2C1. The van der Waals surface area contributed by atoms with Crippen LogP contribution in [0.5, 0.6) is 0 Å². The molecule has 1 aliphatic rings. The van der Waals surface area contributed by atoms with Gasteiger partial charge in [0.1, 0.15) is 0 Å². The van der Waals surface area contributed by atoms with Gasteiger partial charge in [-0.25, -0.2) is 4.79 Å². The van der Waals surface area contributed by atoms with E-state index in [4.69, 9.17) is 5.11 Å². The zero-order valence-electron chi connectivity index (χ0n) is 9.97. The van der Waals surface area contributed by atoms with E-state index >= 15 is 0 Å². The van der Waals surface area contributed by atoms with Gasteiger partial charge in [0.15, 0.2) is 0 Å². The van der Waals surface area contributed by atoms with Crippen molar-refractivity contribution >= 4 is 21.9 Å². The number of fused-ring (bicyclic) bond motifs is 1. The van der Waals surface area contributed by atoms with Crippen molar-refractivity contribution in [2.24, 2.45) is 5.92 Å². The maximum absolute atomic E-state index is 10.3. The molecule has 0 amide bonds. The van der Waals surface area contributed by atoms with Crippen molar-refractivity contribution in [1.29, 1.82) is 0 Å². The highest BCUT2D eigenvalue weighted by molar-refractivity contribution is 9.10. The normalized spacial score (nSPS) is 18.6. The first-order valence-electron chi connectivity index (χ1n) is 5.98. The molecular formula is C15H15BrO2. The summed E-state index contributed by atoms with van der Waals surface area (Å²) in [5.41, 5.74) is 2.88. The van der Waals surface area contributed by atoms with Crippen molar-refractivity contribution in [3.8, 4) is 0 Å². The molecule has 94 valence electrons. The fourth-order valence-electron chi connectivity index (χ4n) is 2.33. The molecule has 2 rings (SSSR count). The number of hydrogen-bond acceptors (Lipinski definition) is 1. The van der Waals surface area contributed by atoms with Crippen LogP contribution in [0.3, 0.4) is 0 Å².